The standard InChI is InChI=1S/C40H29N/c1-3-11-30(12-4-1)32-25-27-38(28-26-32)41(37-15-5-2-6-16-37)40-18-10-9-17-39(40)34-22-19-33(20-23-34)36-24-21-31-13-7-8-14-35(31)29-36/h1-29H. The zero-order valence-corrected chi connectivity index (χ0v) is 22.7. The van der Waals surface area contributed by atoms with E-state index in [1.54, 1.807) is 0 Å². The summed E-state index contributed by atoms with van der Waals surface area (Å²) in [5, 5.41) is 2.52. The van der Waals surface area contributed by atoms with E-state index in [0.29, 0.717) is 0 Å². The molecule has 0 aromatic heterocycles. The van der Waals surface area contributed by atoms with Gasteiger partial charge in [-0.25, -0.2) is 0 Å². The van der Waals surface area contributed by atoms with Crippen LogP contribution in [0.2, 0.25) is 0 Å². The highest BCUT2D eigenvalue weighted by Crippen LogP contribution is 2.41. The van der Waals surface area contributed by atoms with Crippen LogP contribution in [0.3, 0.4) is 0 Å². The number of hydrogen-bond donors (Lipinski definition) is 0. The first kappa shape index (κ1) is 24.6. The molecule has 1 heteroatoms. The van der Waals surface area contributed by atoms with Gasteiger partial charge in [-0.1, -0.05) is 140 Å². The molecule has 1 nitrogen and oxygen atoms in total. The summed E-state index contributed by atoms with van der Waals surface area (Å²) in [6.07, 6.45) is 0. The van der Waals surface area contributed by atoms with Crippen LogP contribution >= 0.6 is 0 Å². The van der Waals surface area contributed by atoms with Crippen LogP contribution in [-0.2, 0) is 0 Å². The van der Waals surface area contributed by atoms with Crippen LogP contribution in [-0.4, -0.2) is 0 Å². The van der Waals surface area contributed by atoms with Gasteiger partial charge >= 0.3 is 0 Å². The Hall–Kier alpha value is -5.40. The second kappa shape index (κ2) is 11.0. The highest BCUT2D eigenvalue weighted by molar-refractivity contribution is 5.90. The van der Waals surface area contributed by atoms with Crippen molar-refractivity contribution in [1.82, 2.24) is 0 Å². The molecule has 0 unspecified atom stereocenters. The average molecular weight is 524 g/mol. The third-order valence-corrected chi connectivity index (χ3v) is 7.67. The average Bonchev–Trinajstić information content (AvgIpc) is 3.06. The summed E-state index contributed by atoms with van der Waals surface area (Å²) >= 11 is 0. The van der Waals surface area contributed by atoms with Crippen molar-refractivity contribution in [2.75, 3.05) is 4.90 Å². The molecule has 0 heterocycles. The van der Waals surface area contributed by atoms with E-state index in [4.69, 9.17) is 0 Å². The van der Waals surface area contributed by atoms with E-state index < -0.39 is 0 Å². The highest BCUT2D eigenvalue weighted by atomic mass is 15.1. The minimum absolute atomic E-state index is 1.12. The Kier molecular flexibility index (Phi) is 6.61. The Morgan fingerprint density at radius 2 is 0.780 bits per heavy atom. The van der Waals surface area contributed by atoms with Crippen LogP contribution in [0.1, 0.15) is 0 Å². The maximum absolute atomic E-state index is 2.35. The van der Waals surface area contributed by atoms with Gasteiger partial charge < -0.3 is 4.90 Å². The topological polar surface area (TPSA) is 3.24 Å². The first-order valence-corrected chi connectivity index (χ1v) is 14.0. The molecular weight excluding hydrogens is 494 g/mol. The van der Waals surface area contributed by atoms with Gasteiger partial charge in [0.1, 0.15) is 0 Å². The number of nitrogens with zero attached hydrogens (tertiary/aromatic N) is 1. The second-order valence-electron chi connectivity index (χ2n) is 10.2. The van der Waals surface area contributed by atoms with Gasteiger partial charge in [-0.2, -0.15) is 0 Å². The van der Waals surface area contributed by atoms with Crippen LogP contribution in [0.15, 0.2) is 176 Å². The number of anilines is 3. The molecule has 0 N–H and O–H groups in total. The zero-order valence-electron chi connectivity index (χ0n) is 22.7. The summed E-state index contributed by atoms with van der Waals surface area (Å²) in [4.78, 5) is 2.35. The summed E-state index contributed by atoms with van der Waals surface area (Å²) in [7, 11) is 0. The van der Waals surface area contributed by atoms with Crippen molar-refractivity contribution in [2.24, 2.45) is 0 Å². The summed E-state index contributed by atoms with van der Waals surface area (Å²) in [6, 6.07) is 62.8. The molecule has 0 spiro atoms. The lowest BCUT2D eigenvalue weighted by Gasteiger charge is -2.28. The number of para-hydroxylation sites is 2. The summed E-state index contributed by atoms with van der Waals surface area (Å²) < 4.78 is 0. The van der Waals surface area contributed by atoms with Crippen molar-refractivity contribution in [1.29, 1.82) is 0 Å². The first-order valence-electron chi connectivity index (χ1n) is 14.0. The molecule has 41 heavy (non-hydrogen) atoms. The van der Waals surface area contributed by atoms with Gasteiger partial charge in [-0.05, 0) is 75.0 Å². The number of benzene rings is 7. The molecule has 0 radical (unpaired) electrons. The normalized spacial score (nSPS) is 10.9. The summed E-state index contributed by atoms with van der Waals surface area (Å²) in [6.45, 7) is 0. The van der Waals surface area contributed by atoms with Crippen molar-refractivity contribution in [2.45, 2.75) is 0 Å². The van der Waals surface area contributed by atoms with Gasteiger partial charge in [0.2, 0.25) is 0 Å². The van der Waals surface area contributed by atoms with Crippen molar-refractivity contribution in [3.63, 3.8) is 0 Å². The fourth-order valence-corrected chi connectivity index (χ4v) is 5.56. The molecule has 7 aromatic rings. The van der Waals surface area contributed by atoms with E-state index in [9.17, 15) is 0 Å². The van der Waals surface area contributed by atoms with Crippen molar-refractivity contribution in [3.05, 3.63) is 176 Å². The van der Waals surface area contributed by atoms with E-state index in [-0.39, 0.29) is 0 Å². The van der Waals surface area contributed by atoms with E-state index >= 15 is 0 Å². The number of rotatable bonds is 6. The van der Waals surface area contributed by atoms with E-state index in [2.05, 4.69) is 181 Å². The molecule has 0 aliphatic heterocycles. The minimum Gasteiger partial charge on any atom is -0.310 e. The molecule has 0 aliphatic rings. The third-order valence-electron chi connectivity index (χ3n) is 7.67. The lowest BCUT2D eigenvalue weighted by atomic mass is 9.97. The van der Waals surface area contributed by atoms with Crippen LogP contribution in [0, 0.1) is 0 Å². The van der Waals surface area contributed by atoms with Gasteiger partial charge in [0.25, 0.3) is 0 Å². The molecular formula is C40H29N. The van der Waals surface area contributed by atoms with Gasteiger partial charge in [0.05, 0.1) is 5.69 Å². The lowest BCUT2D eigenvalue weighted by molar-refractivity contribution is 1.28. The molecule has 0 atom stereocenters. The molecule has 0 saturated carbocycles. The maximum atomic E-state index is 2.35. The number of hydrogen-bond acceptors (Lipinski definition) is 1. The van der Waals surface area contributed by atoms with Crippen LogP contribution in [0.4, 0.5) is 17.1 Å². The predicted molar refractivity (Wildman–Crippen MR) is 175 cm³/mol. The lowest BCUT2D eigenvalue weighted by Crippen LogP contribution is -2.11. The minimum atomic E-state index is 1.12. The molecule has 0 bridgehead atoms. The molecule has 0 aliphatic carbocycles. The Morgan fingerprint density at radius 3 is 1.54 bits per heavy atom. The van der Waals surface area contributed by atoms with Crippen molar-refractivity contribution in [3.8, 4) is 33.4 Å². The van der Waals surface area contributed by atoms with Gasteiger partial charge in [0.15, 0.2) is 0 Å². The quantitative estimate of drug-likeness (QED) is 0.209. The van der Waals surface area contributed by atoms with Gasteiger partial charge in [-0.15, -0.1) is 0 Å². The Labute approximate surface area is 241 Å². The van der Waals surface area contributed by atoms with Crippen LogP contribution in [0.25, 0.3) is 44.2 Å². The van der Waals surface area contributed by atoms with Crippen LogP contribution in [0.5, 0.6) is 0 Å². The number of fused-ring (bicyclic) bond motifs is 1. The molecule has 0 fully saturated rings. The molecule has 0 saturated heterocycles. The Balaban J connectivity index is 1.28. The summed E-state index contributed by atoms with van der Waals surface area (Å²) in [5.74, 6) is 0. The third kappa shape index (κ3) is 5.02. The molecule has 7 aromatic carbocycles. The van der Waals surface area contributed by atoms with Crippen molar-refractivity contribution >= 4 is 27.8 Å². The largest absolute Gasteiger partial charge is 0.310 e. The Bertz CT molecular complexity index is 1910. The van der Waals surface area contributed by atoms with E-state index in [0.717, 1.165) is 17.1 Å². The molecule has 194 valence electrons. The fraction of sp³-hybridized carbons (Fsp3) is 0. The monoisotopic (exact) mass is 523 g/mol. The van der Waals surface area contributed by atoms with Gasteiger partial charge in [0, 0.05) is 16.9 Å². The van der Waals surface area contributed by atoms with Gasteiger partial charge in [-0.3, -0.25) is 0 Å². The fourth-order valence-electron chi connectivity index (χ4n) is 5.56. The van der Waals surface area contributed by atoms with E-state index in [1.807, 2.05) is 0 Å². The highest BCUT2D eigenvalue weighted by Gasteiger charge is 2.17. The SMILES string of the molecule is c1ccc(-c2ccc(N(c3ccccc3)c3ccccc3-c3ccc(-c4ccc5ccccc5c4)cc3)cc2)cc1. The van der Waals surface area contributed by atoms with Crippen LogP contribution < -0.4 is 4.90 Å². The maximum Gasteiger partial charge on any atom is 0.0540 e. The Morgan fingerprint density at radius 1 is 0.293 bits per heavy atom. The summed E-state index contributed by atoms with van der Waals surface area (Å²) in [5.41, 5.74) is 10.6. The smallest absolute Gasteiger partial charge is 0.0540 e. The second-order valence-corrected chi connectivity index (χ2v) is 10.2. The molecule has 0 amide bonds. The van der Waals surface area contributed by atoms with Crippen molar-refractivity contribution < 1.29 is 0 Å². The first-order chi connectivity index (χ1) is 20.3. The zero-order chi connectivity index (χ0) is 27.4. The molecule has 7 rings (SSSR count). The predicted octanol–water partition coefficient (Wildman–Crippen LogP) is 11.3. The van der Waals surface area contributed by atoms with E-state index in [1.165, 1.54) is 44.2 Å².